The average molecular weight is 272 g/mol. The summed E-state index contributed by atoms with van der Waals surface area (Å²) in [5.74, 6) is 0. The molecule has 0 bridgehead atoms. The van der Waals surface area contributed by atoms with E-state index in [2.05, 4.69) is 0 Å². The van der Waals surface area contributed by atoms with Gasteiger partial charge in [-0.2, -0.15) is 0 Å². The molecule has 2 aromatic rings. The molecule has 0 unspecified atom stereocenters. The lowest BCUT2D eigenvalue weighted by atomic mass is 10.2. The van der Waals surface area contributed by atoms with E-state index in [1.807, 2.05) is 0 Å². The van der Waals surface area contributed by atoms with Crippen molar-refractivity contribution in [2.75, 3.05) is 29.3 Å². The van der Waals surface area contributed by atoms with Gasteiger partial charge in [0.15, 0.2) is 0 Å². The predicted octanol–water partition coefficient (Wildman–Crippen LogP) is 3.19. The van der Waals surface area contributed by atoms with E-state index >= 15 is 0 Å². The molecule has 0 spiro atoms. The lowest BCUT2D eigenvalue weighted by Gasteiger charge is -2.33. The molecule has 0 heterocycles. The minimum atomic E-state index is 0.355. The van der Waals surface area contributed by atoms with E-state index in [0.717, 1.165) is 0 Å². The molecule has 20 heavy (non-hydrogen) atoms. The van der Waals surface area contributed by atoms with Crippen molar-refractivity contribution in [1.29, 1.82) is 0 Å². The number of benzene rings is 2. The number of hydroxylamine groups is 2. The molecule has 0 N–H and O–H groups in total. The van der Waals surface area contributed by atoms with E-state index in [0.29, 0.717) is 37.9 Å². The Morgan fingerprint density at radius 3 is 1.70 bits per heavy atom. The van der Waals surface area contributed by atoms with Gasteiger partial charge in [0, 0.05) is 22.7 Å². The fourth-order valence-corrected chi connectivity index (χ4v) is 1.76. The highest BCUT2D eigenvalue weighted by molar-refractivity contribution is 5.69. The maximum atomic E-state index is 12.2. The van der Waals surface area contributed by atoms with Crippen LogP contribution in [-0.4, -0.2) is 14.1 Å². The van der Waals surface area contributed by atoms with Crippen LogP contribution < -0.4 is 15.2 Å². The molecule has 0 aromatic heterocycles. The fraction of sp³-hybridized carbons (Fsp3) is 0.143. The van der Waals surface area contributed by atoms with Crippen molar-refractivity contribution in [3.05, 3.63) is 64.2 Å². The van der Waals surface area contributed by atoms with E-state index in [4.69, 9.17) is 0 Å². The number of hydrogen-bond acceptors (Lipinski definition) is 6. The van der Waals surface area contributed by atoms with E-state index in [-0.39, 0.29) is 0 Å². The van der Waals surface area contributed by atoms with E-state index in [9.17, 15) is 15.6 Å². The third-order valence-electron chi connectivity index (χ3n) is 2.88. The number of hydrogen-bond donors (Lipinski definition) is 0. The maximum Gasteiger partial charge on any atom is 0.0324 e. The maximum absolute atomic E-state index is 12.2. The largest absolute Gasteiger partial charge is 0.758 e. The van der Waals surface area contributed by atoms with Crippen molar-refractivity contribution < 1.29 is 0 Å². The highest BCUT2D eigenvalue weighted by Gasteiger charge is 2.01. The molecule has 2 rings (SSSR count). The van der Waals surface area contributed by atoms with Gasteiger partial charge in [0.1, 0.15) is 0 Å². The Morgan fingerprint density at radius 1 is 0.650 bits per heavy atom. The second kappa shape index (κ2) is 5.79. The van der Waals surface area contributed by atoms with Gasteiger partial charge in [0.05, 0.1) is 0 Å². The van der Waals surface area contributed by atoms with Gasteiger partial charge in [-0.15, -0.1) is 0 Å². The highest BCUT2D eigenvalue weighted by atomic mass is 16.5. The summed E-state index contributed by atoms with van der Waals surface area (Å²) in [6.07, 6.45) is 0. The summed E-state index contributed by atoms with van der Waals surface area (Å²) in [6.45, 7) is 0. The van der Waals surface area contributed by atoms with Crippen LogP contribution in [0, 0.1) is 15.6 Å². The van der Waals surface area contributed by atoms with Crippen molar-refractivity contribution in [3.63, 3.8) is 0 Å². The molecule has 0 saturated carbocycles. The molecule has 0 aliphatic heterocycles. The fourth-order valence-electron chi connectivity index (χ4n) is 1.76. The summed E-state index contributed by atoms with van der Waals surface area (Å²) < 4.78 is 0. The molecule has 0 amide bonds. The molecule has 0 fully saturated rings. The van der Waals surface area contributed by atoms with Gasteiger partial charge < -0.3 is 30.8 Å². The molecule has 106 valence electrons. The molecule has 0 radical (unpaired) electrons. The minimum Gasteiger partial charge on any atom is -0.758 e. The van der Waals surface area contributed by atoms with Crippen LogP contribution in [0.4, 0.5) is 22.7 Å². The lowest BCUT2D eigenvalue weighted by molar-refractivity contribution is 1.20. The average Bonchev–Trinajstić information content (AvgIpc) is 2.46. The summed E-state index contributed by atoms with van der Waals surface area (Å²) in [7, 11) is 2.75. The molecular formula is C14H14N3O3-3. The van der Waals surface area contributed by atoms with E-state index < -0.39 is 0 Å². The van der Waals surface area contributed by atoms with Gasteiger partial charge in [-0.25, -0.2) is 0 Å². The van der Waals surface area contributed by atoms with Gasteiger partial charge in [-0.3, -0.25) is 0 Å². The molecule has 6 heteroatoms. The molecule has 0 aliphatic carbocycles. The Bertz CT molecular complexity index is 570. The van der Waals surface area contributed by atoms with Crippen LogP contribution in [0.15, 0.2) is 48.5 Å². The lowest BCUT2D eigenvalue weighted by Crippen LogP contribution is -2.10. The first kappa shape index (κ1) is 14.1. The Morgan fingerprint density at radius 2 is 1.15 bits per heavy atom. The second-order valence-corrected chi connectivity index (χ2v) is 4.33. The summed E-state index contributed by atoms with van der Waals surface area (Å²) in [5, 5.41) is 36.7. The van der Waals surface area contributed by atoms with Crippen LogP contribution in [0.3, 0.4) is 0 Å². The summed E-state index contributed by atoms with van der Waals surface area (Å²) in [5.41, 5.74) is 1.61. The van der Waals surface area contributed by atoms with Crippen LogP contribution in [0.25, 0.3) is 0 Å². The molecular weight excluding hydrogens is 258 g/mol. The standard InChI is InChI=1S/C14H14N3O3/c1-15(18)11-6-8-12(9-7-11)17(20)14-5-3-4-13(10-14)16(2)19/h3-10H,1-2H3/q-3. The summed E-state index contributed by atoms with van der Waals surface area (Å²) >= 11 is 0. The zero-order chi connectivity index (χ0) is 14.7. The van der Waals surface area contributed by atoms with Gasteiger partial charge in [-0.1, -0.05) is 6.07 Å². The molecule has 0 saturated heterocycles. The Labute approximate surface area is 117 Å². The van der Waals surface area contributed by atoms with E-state index in [1.165, 1.54) is 20.2 Å². The van der Waals surface area contributed by atoms with Crippen molar-refractivity contribution in [2.24, 2.45) is 0 Å². The number of rotatable bonds is 4. The predicted molar refractivity (Wildman–Crippen MR) is 81.9 cm³/mol. The first-order valence-corrected chi connectivity index (χ1v) is 5.98. The third kappa shape index (κ3) is 3.00. The quantitative estimate of drug-likeness (QED) is 0.795. The highest BCUT2D eigenvalue weighted by Crippen LogP contribution is 2.28. The van der Waals surface area contributed by atoms with Crippen molar-refractivity contribution >= 4 is 22.7 Å². The smallest absolute Gasteiger partial charge is 0.0324 e. The molecule has 6 nitrogen and oxygen atoms in total. The zero-order valence-electron chi connectivity index (χ0n) is 11.2. The Hall–Kier alpha value is -2.28. The summed E-state index contributed by atoms with van der Waals surface area (Å²) in [6, 6.07) is 12.6. The van der Waals surface area contributed by atoms with E-state index in [1.54, 1.807) is 42.5 Å². The SMILES string of the molecule is CN([O-])c1ccc(N([O-])c2cccc(N(C)[O-])c2)cc1. The van der Waals surface area contributed by atoms with Crippen molar-refractivity contribution in [1.82, 2.24) is 0 Å². The van der Waals surface area contributed by atoms with Gasteiger partial charge in [-0.05, 0) is 56.6 Å². The third-order valence-corrected chi connectivity index (χ3v) is 2.88. The minimum absolute atomic E-state index is 0.355. The number of nitrogens with zero attached hydrogens (tertiary/aromatic N) is 3. The molecule has 0 aliphatic rings. The first-order chi connectivity index (χ1) is 9.49. The van der Waals surface area contributed by atoms with Crippen LogP contribution in [-0.2, 0) is 0 Å². The monoisotopic (exact) mass is 272 g/mol. The summed E-state index contributed by atoms with van der Waals surface area (Å²) in [4.78, 5) is 0. The number of anilines is 4. The Kier molecular flexibility index (Phi) is 4.09. The normalized spacial score (nSPS) is 10.2. The second-order valence-electron chi connectivity index (χ2n) is 4.33. The van der Waals surface area contributed by atoms with Crippen molar-refractivity contribution in [2.45, 2.75) is 0 Å². The van der Waals surface area contributed by atoms with Gasteiger partial charge in [0.25, 0.3) is 0 Å². The van der Waals surface area contributed by atoms with Crippen LogP contribution in [0.2, 0.25) is 0 Å². The van der Waals surface area contributed by atoms with Gasteiger partial charge in [0.2, 0.25) is 0 Å². The topological polar surface area (TPSA) is 78.9 Å². The Balaban J connectivity index is 2.26. The van der Waals surface area contributed by atoms with Gasteiger partial charge >= 0.3 is 0 Å². The first-order valence-electron chi connectivity index (χ1n) is 5.98. The van der Waals surface area contributed by atoms with Crippen LogP contribution in [0.5, 0.6) is 0 Å². The molecule has 2 aromatic carbocycles. The van der Waals surface area contributed by atoms with Crippen LogP contribution in [0.1, 0.15) is 0 Å². The zero-order valence-corrected chi connectivity index (χ0v) is 11.2. The van der Waals surface area contributed by atoms with Crippen molar-refractivity contribution in [3.8, 4) is 0 Å². The van der Waals surface area contributed by atoms with Crippen LogP contribution >= 0.6 is 0 Å². The molecule has 0 atom stereocenters.